The summed E-state index contributed by atoms with van der Waals surface area (Å²) in [4.78, 5) is 2.30. The van der Waals surface area contributed by atoms with Crippen LogP contribution in [0.3, 0.4) is 0 Å². The number of unbranched alkanes of at least 4 members (excludes halogenated alkanes) is 3. The van der Waals surface area contributed by atoms with E-state index in [1.807, 2.05) is 0 Å². The zero-order chi connectivity index (χ0) is 13.2. The van der Waals surface area contributed by atoms with Gasteiger partial charge < -0.3 is 10.0 Å². The lowest BCUT2D eigenvalue weighted by Crippen LogP contribution is -2.33. The summed E-state index contributed by atoms with van der Waals surface area (Å²) in [6.07, 6.45) is 9.53. The molecule has 0 saturated carbocycles. The van der Waals surface area contributed by atoms with Gasteiger partial charge in [-0.05, 0) is 25.7 Å². The van der Waals surface area contributed by atoms with Crippen LogP contribution < -0.4 is 0 Å². The molecule has 1 heterocycles. The summed E-state index contributed by atoms with van der Waals surface area (Å²) in [5.41, 5.74) is 0. The highest BCUT2D eigenvalue weighted by atomic mass is 32.2. The Hall–Kier alpha value is 0.200. The van der Waals surface area contributed by atoms with E-state index in [0.29, 0.717) is 0 Å². The minimum atomic E-state index is -0.186. The number of likely N-dealkylation sites (tertiary alicyclic amines) is 1. The van der Waals surface area contributed by atoms with Gasteiger partial charge in [-0.1, -0.05) is 56.6 Å². The first kappa shape index (κ1) is 16.3. The fraction of sp³-hybridized carbons (Fsp3) is 0.929. The lowest BCUT2D eigenvalue weighted by Gasteiger charge is -2.28. The van der Waals surface area contributed by atoms with Crippen molar-refractivity contribution in [2.75, 3.05) is 18.8 Å². The van der Waals surface area contributed by atoms with Gasteiger partial charge in [-0.3, -0.25) is 0 Å². The fourth-order valence-corrected chi connectivity index (χ4v) is 3.48. The smallest absolute Gasteiger partial charge is 0.136 e. The molecule has 0 radical (unpaired) electrons. The third-order valence-corrected chi connectivity index (χ3v) is 5.07. The van der Waals surface area contributed by atoms with Crippen molar-refractivity contribution in [3.63, 3.8) is 0 Å². The molecule has 0 aromatic rings. The molecule has 1 aliphatic rings. The number of thioether (sulfide) groups is 1. The summed E-state index contributed by atoms with van der Waals surface area (Å²) in [6, 6.07) is 0. The van der Waals surface area contributed by atoms with Gasteiger partial charge in [0.2, 0.25) is 0 Å². The highest BCUT2D eigenvalue weighted by molar-refractivity contribution is 8.22. The van der Waals surface area contributed by atoms with Crippen LogP contribution in [-0.4, -0.2) is 39.3 Å². The zero-order valence-electron chi connectivity index (χ0n) is 11.6. The van der Waals surface area contributed by atoms with Gasteiger partial charge in [0, 0.05) is 18.8 Å². The number of aliphatic hydroxyl groups excluding tert-OH is 1. The van der Waals surface area contributed by atoms with E-state index >= 15 is 0 Å². The van der Waals surface area contributed by atoms with E-state index in [-0.39, 0.29) is 6.10 Å². The third kappa shape index (κ3) is 6.95. The molecule has 1 aliphatic heterocycles. The number of aliphatic hydroxyl groups is 1. The average Bonchev–Trinajstić information content (AvgIpc) is 2.42. The number of rotatable bonds is 7. The molecule has 1 N–H and O–H groups in total. The second-order valence-electron chi connectivity index (χ2n) is 5.13. The molecule has 1 unspecified atom stereocenters. The highest BCUT2D eigenvalue weighted by Gasteiger charge is 2.15. The Morgan fingerprint density at radius 2 is 1.94 bits per heavy atom. The Morgan fingerprint density at radius 1 is 1.22 bits per heavy atom. The maximum absolute atomic E-state index is 9.90. The van der Waals surface area contributed by atoms with Crippen molar-refractivity contribution in [1.82, 2.24) is 4.90 Å². The van der Waals surface area contributed by atoms with Crippen molar-refractivity contribution < 1.29 is 5.11 Å². The summed E-state index contributed by atoms with van der Waals surface area (Å²) >= 11 is 7.09. The van der Waals surface area contributed by atoms with Crippen LogP contribution >= 0.6 is 24.0 Å². The first-order valence-electron chi connectivity index (χ1n) is 7.33. The van der Waals surface area contributed by atoms with Crippen molar-refractivity contribution in [2.45, 2.75) is 64.4 Å². The molecular formula is C14H27NOS2. The first-order chi connectivity index (χ1) is 8.74. The number of hydrogen-bond acceptors (Lipinski definition) is 3. The summed E-state index contributed by atoms with van der Waals surface area (Å²) < 4.78 is 0.988. The van der Waals surface area contributed by atoms with Gasteiger partial charge in [-0.25, -0.2) is 0 Å². The topological polar surface area (TPSA) is 23.5 Å². The van der Waals surface area contributed by atoms with Crippen molar-refractivity contribution in [3.05, 3.63) is 0 Å². The summed E-state index contributed by atoms with van der Waals surface area (Å²) in [5.74, 6) is 0.765. The van der Waals surface area contributed by atoms with Crippen LogP contribution in [0.2, 0.25) is 0 Å². The summed E-state index contributed by atoms with van der Waals surface area (Å²) in [5, 5.41) is 9.90. The predicted molar refractivity (Wildman–Crippen MR) is 85.2 cm³/mol. The second-order valence-corrected chi connectivity index (χ2v) is 6.78. The second kappa shape index (κ2) is 10.0. The molecule has 2 nitrogen and oxygen atoms in total. The van der Waals surface area contributed by atoms with Crippen molar-refractivity contribution in [1.29, 1.82) is 0 Å². The van der Waals surface area contributed by atoms with E-state index in [9.17, 15) is 5.11 Å². The molecule has 1 fully saturated rings. The maximum atomic E-state index is 9.90. The van der Waals surface area contributed by atoms with Gasteiger partial charge in [0.25, 0.3) is 0 Å². The SMILES string of the molecule is CCCCCCC(O)CSC(=S)N1CCCCC1. The van der Waals surface area contributed by atoms with E-state index in [0.717, 1.165) is 36.0 Å². The predicted octanol–water partition coefficient (Wildman–Crippen LogP) is 3.82. The van der Waals surface area contributed by atoms with Gasteiger partial charge in [-0.15, -0.1) is 0 Å². The Labute approximate surface area is 122 Å². The highest BCUT2D eigenvalue weighted by Crippen LogP contribution is 2.18. The molecule has 18 heavy (non-hydrogen) atoms. The molecule has 106 valence electrons. The number of piperidine rings is 1. The maximum Gasteiger partial charge on any atom is 0.136 e. The van der Waals surface area contributed by atoms with Crippen molar-refractivity contribution in [2.24, 2.45) is 0 Å². The third-order valence-electron chi connectivity index (χ3n) is 3.40. The molecule has 1 saturated heterocycles. The van der Waals surface area contributed by atoms with Crippen LogP contribution in [-0.2, 0) is 0 Å². The van der Waals surface area contributed by atoms with Crippen molar-refractivity contribution >= 4 is 28.3 Å². The summed E-state index contributed by atoms with van der Waals surface area (Å²) in [6.45, 7) is 4.43. The average molecular weight is 290 g/mol. The minimum Gasteiger partial charge on any atom is -0.392 e. The Kier molecular flexibility index (Phi) is 9.07. The van der Waals surface area contributed by atoms with Crippen LogP contribution in [0, 0.1) is 0 Å². The van der Waals surface area contributed by atoms with Crippen LogP contribution in [0.4, 0.5) is 0 Å². The van der Waals surface area contributed by atoms with E-state index in [1.54, 1.807) is 11.8 Å². The monoisotopic (exact) mass is 289 g/mol. The van der Waals surface area contributed by atoms with Crippen molar-refractivity contribution in [3.8, 4) is 0 Å². The van der Waals surface area contributed by atoms with E-state index in [1.165, 1.54) is 38.5 Å². The molecule has 0 bridgehead atoms. The van der Waals surface area contributed by atoms with E-state index < -0.39 is 0 Å². The minimum absolute atomic E-state index is 0.186. The van der Waals surface area contributed by atoms with Gasteiger partial charge in [0.15, 0.2) is 0 Å². The van der Waals surface area contributed by atoms with E-state index in [4.69, 9.17) is 12.2 Å². The van der Waals surface area contributed by atoms with Crippen LogP contribution in [0.15, 0.2) is 0 Å². The molecule has 1 atom stereocenters. The number of thiocarbonyl (C=S) groups is 1. The molecular weight excluding hydrogens is 262 g/mol. The number of nitrogens with zero attached hydrogens (tertiary/aromatic N) is 1. The molecule has 0 aliphatic carbocycles. The quantitative estimate of drug-likeness (QED) is 0.568. The van der Waals surface area contributed by atoms with Gasteiger partial charge in [-0.2, -0.15) is 0 Å². The Balaban J connectivity index is 2.05. The fourth-order valence-electron chi connectivity index (χ4n) is 2.23. The van der Waals surface area contributed by atoms with Gasteiger partial charge in [0.05, 0.1) is 6.10 Å². The van der Waals surface area contributed by atoms with Gasteiger partial charge in [0.1, 0.15) is 4.32 Å². The standard InChI is InChI=1S/C14H27NOS2/c1-2-3-4-6-9-13(16)12-18-14(17)15-10-7-5-8-11-15/h13,16H,2-12H2,1H3. The van der Waals surface area contributed by atoms with Crippen LogP contribution in [0.1, 0.15) is 58.3 Å². The lowest BCUT2D eigenvalue weighted by molar-refractivity contribution is 0.185. The normalized spacial score (nSPS) is 17.8. The molecule has 1 rings (SSSR count). The molecule has 0 aromatic carbocycles. The largest absolute Gasteiger partial charge is 0.392 e. The molecule has 0 aromatic heterocycles. The Bertz CT molecular complexity index is 230. The summed E-state index contributed by atoms with van der Waals surface area (Å²) in [7, 11) is 0. The van der Waals surface area contributed by atoms with Crippen LogP contribution in [0.5, 0.6) is 0 Å². The van der Waals surface area contributed by atoms with Gasteiger partial charge >= 0.3 is 0 Å². The Morgan fingerprint density at radius 3 is 2.61 bits per heavy atom. The number of hydrogen-bond donors (Lipinski definition) is 1. The molecule has 4 heteroatoms. The van der Waals surface area contributed by atoms with Crippen LogP contribution in [0.25, 0.3) is 0 Å². The van der Waals surface area contributed by atoms with E-state index in [2.05, 4.69) is 11.8 Å². The molecule has 0 amide bonds. The first-order valence-corrected chi connectivity index (χ1v) is 8.73. The lowest BCUT2D eigenvalue weighted by atomic mass is 10.1. The molecule has 0 spiro atoms. The zero-order valence-corrected chi connectivity index (χ0v) is 13.2.